The van der Waals surface area contributed by atoms with Gasteiger partial charge in [-0.05, 0) is 74.9 Å². The van der Waals surface area contributed by atoms with Gasteiger partial charge < -0.3 is 62.7 Å². The fourth-order valence-electron chi connectivity index (χ4n) is 10.5. The lowest BCUT2D eigenvalue weighted by Crippen LogP contribution is -2.65. The molecular weight excluding hydrogens is 1160 g/mol. The molecule has 10 rings (SSSR count). The summed E-state index contributed by atoms with van der Waals surface area (Å²) in [5.74, 6) is 0. The molecule has 0 unspecified atom stereocenters. The molecule has 21 nitrogen and oxygen atoms in total. The molecule has 4 heterocycles. The van der Waals surface area contributed by atoms with Crippen LogP contribution in [0.1, 0.15) is 86.3 Å². The molecule has 0 saturated carbocycles. The summed E-state index contributed by atoms with van der Waals surface area (Å²) in [6.07, 6.45) is -7.56. The Balaban J connectivity index is 1.06. The van der Waals surface area contributed by atoms with E-state index in [1.165, 1.54) is 0 Å². The summed E-state index contributed by atoms with van der Waals surface area (Å²) in [5.41, 5.74) is 4.99. The number of rotatable bonds is 28. The summed E-state index contributed by atoms with van der Waals surface area (Å²) >= 11 is 0. The quantitative estimate of drug-likeness (QED) is 0.0465. The van der Waals surface area contributed by atoms with Gasteiger partial charge in [0.1, 0.15) is 71.4 Å². The van der Waals surface area contributed by atoms with Gasteiger partial charge in [0.25, 0.3) is 0 Å². The van der Waals surface area contributed by atoms with Crippen molar-refractivity contribution in [3.8, 4) is 0 Å². The molecule has 0 radical (unpaired) electrons. The van der Waals surface area contributed by atoms with E-state index in [9.17, 15) is 9.59 Å². The number of amides is 2. The number of hydrogen-bond donors (Lipinski definition) is 2. The lowest BCUT2D eigenvalue weighted by molar-refractivity contribution is -0.392. The average molecular weight is 1240 g/mol. The number of hydrogen-bond acceptors (Lipinski definition) is 17. The Hall–Kier alpha value is -8.22. The highest BCUT2D eigenvalue weighted by atomic mass is 16.8. The molecule has 21 heteroatoms. The van der Waals surface area contributed by atoms with Crippen LogP contribution in [0.2, 0.25) is 0 Å². The summed E-state index contributed by atoms with van der Waals surface area (Å²) in [4.78, 5) is 25.6. The highest BCUT2D eigenvalue weighted by Gasteiger charge is 2.54. The van der Waals surface area contributed by atoms with Gasteiger partial charge in [-0.25, -0.2) is 19.0 Å². The van der Waals surface area contributed by atoms with Crippen molar-refractivity contribution in [2.75, 3.05) is 0 Å². The van der Waals surface area contributed by atoms with E-state index in [1.807, 2.05) is 182 Å². The number of carbonyl (C=O) groups is 2. The average Bonchev–Trinajstić information content (AvgIpc) is 1.01. The first-order chi connectivity index (χ1) is 44.1. The molecule has 2 aliphatic heterocycles. The molecule has 8 aromatic rings. The number of carbonyl (C=O) groups excluding carboxylic acids is 2. The van der Waals surface area contributed by atoms with E-state index in [1.54, 1.807) is 63.3 Å². The van der Waals surface area contributed by atoms with Crippen LogP contribution in [-0.2, 0) is 118 Å². The van der Waals surface area contributed by atoms with Crippen molar-refractivity contribution in [3.05, 3.63) is 239 Å². The Morgan fingerprint density at radius 2 is 0.659 bits per heavy atom. The highest BCUT2D eigenvalue weighted by molar-refractivity contribution is 5.68. The van der Waals surface area contributed by atoms with Crippen LogP contribution in [0.25, 0.3) is 0 Å². The van der Waals surface area contributed by atoms with E-state index in [4.69, 9.17) is 52.1 Å². The minimum atomic E-state index is -1.29. The van der Waals surface area contributed by atoms with Crippen LogP contribution in [0.4, 0.5) is 9.59 Å². The maximum Gasteiger partial charge on any atom is 0.407 e. The smallest absolute Gasteiger partial charge is 0.407 e. The Bertz CT molecular complexity index is 3200. The van der Waals surface area contributed by atoms with Crippen molar-refractivity contribution in [3.63, 3.8) is 0 Å². The largest absolute Gasteiger partial charge is 0.444 e. The van der Waals surface area contributed by atoms with Gasteiger partial charge in [-0.15, -0.1) is 10.2 Å². The second-order valence-electron chi connectivity index (χ2n) is 24.4. The minimum Gasteiger partial charge on any atom is -0.444 e. The lowest BCUT2D eigenvalue weighted by atomic mass is 9.96. The van der Waals surface area contributed by atoms with Crippen molar-refractivity contribution in [2.24, 2.45) is 0 Å². The molecule has 91 heavy (non-hydrogen) atoms. The van der Waals surface area contributed by atoms with Gasteiger partial charge in [0.05, 0.1) is 78.2 Å². The van der Waals surface area contributed by atoms with Crippen LogP contribution in [0.15, 0.2) is 194 Å². The van der Waals surface area contributed by atoms with Gasteiger partial charge in [0, 0.05) is 0 Å². The summed E-state index contributed by atoms with van der Waals surface area (Å²) < 4.78 is 79.3. The van der Waals surface area contributed by atoms with Crippen LogP contribution in [-0.4, -0.2) is 115 Å². The number of benzene rings is 6. The summed E-state index contributed by atoms with van der Waals surface area (Å²) in [5, 5.41) is 23.5. The van der Waals surface area contributed by atoms with E-state index >= 15 is 0 Å². The van der Waals surface area contributed by atoms with Crippen molar-refractivity contribution >= 4 is 12.2 Å². The normalized spacial score (nSPS) is 21.8. The van der Waals surface area contributed by atoms with Crippen molar-refractivity contribution in [1.82, 2.24) is 40.6 Å². The van der Waals surface area contributed by atoms with Crippen LogP contribution in [0.5, 0.6) is 0 Å². The molecule has 2 N–H and O–H groups in total. The Kier molecular flexibility index (Phi) is 23.2. The molecule has 6 aromatic carbocycles. The topological polar surface area (TPSA) is 221 Å². The fraction of sp³-hybridized carbons (Fsp3) is 0.400. The van der Waals surface area contributed by atoms with Crippen molar-refractivity contribution in [1.29, 1.82) is 0 Å². The third-order valence-corrected chi connectivity index (χ3v) is 14.7. The van der Waals surface area contributed by atoms with E-state index in [0.29, 0.717) is 11.4 Å². The second-order valence-corrected chi connectivity index (χ2v) is 24.4. The number of nitrogens with one attached hydrogen (secondary N) is 2. The lowest BCUT2D eigenvalue weighted by Gasteiger charge is -2.50. The van der Waals surface area contributed by atoms with Crippen LogP contribution >= 0.6 is 0 Å². The maximum absolute atomic E-state index is 12.8. The minimum absolute atomic E-state index is 0.0469. The van der Waals surface area contributed by atoms with E-state index < -0.39 is 84.8 Å². The molecular formula is C70H82N8O13. The van der Waals surface area contributed by atoms with Gasteiger partial charge in [0.2, 0.25) is 0 Å². The zero-order valence-corrected chi connectivity index (χ0v) is 52.3. The third-order valence-electron chi connectivity index (χ3n) is 14.7. The van der Waals surface area contributed by atoms with Crippen LogP contribution < -0.4 is 10.6 Å². The first-order valence-electron chi connectivity index (χ1n) is 30.7. The van der Waals surface area contributed by atoms with Gasteiger partial charge in [0.15, 0.2) is 12.6 Å². The van der Waals surface area contributed by atoms with E-state index in [2.05, 4.69) is 31.3 Å². The number of aromatic nitrogens is 6. The summed E-state index contributed by atoms with van der Waals surface area (Å²) in [6.45, 7) is 12.0. The van der Waals surface area contributed by atoms with Gasteiger partial charge in [-0.3, -0.25) is 0 Å². The Morgan fingerprint density at radius 1 is 0.396 bits per heavy atom. The van der Waals surface area contributed by atoms with Crippen molar-refractivity contribution in [2.45, 2.75) is 180 Å². The molecule has 2 aromatic heterocycles. The van der Waals surface area contributed by atoms with Gasteiger partial charge in [-0.2, -0.15) is 0 Å². The molecule has 2 saturated heterocycles. The Morgan fingerprint density at radius 3 is 0.934 bits per heavy atom. The second kappa shape index (κ2) is 32.2. The molecule has 2 amide bonds. The van der Waals surface area contributed by atoms with Crippen LogP contribution in [0.3, 0.4) is 0 Å². The summed E-state index contributed by atoms with van der Waals surface area (Å²) in [7, 11) is 0. The fourth-order valence-corrected chi connectivity index (χ4v) is 10.5. The van der Waals surface area contributed by atoms with Crippen molar-refractivity contribution < 1.29 is 61.7 Å². The molecule has 0 bridgehead atoms. The monoisotopic (exact) mass is 1240 g/mol. The molecule has 2 aliphatic rings. The zero-order valence-electron chi connectivity index (χ0n) is 52.3. The highest BCUT2D eigenvalue weighted by Crippen LogP contribution is 2.37. The number of nitrogens with zero attached hydrogens (tertiary/aromatic N) is 6. The predicted octanol–water partition coefficient (Wildman–Crippen LogP) is 10.6. The first-order valence-corrected chi connectivity index (χ1v) is 30.7. The Labute approximate surface area is 531 Å². The molecule has 0 aliphatic carbocycles. The third kappa shape index (κ3) is 20.4. The first kappa shape index (κ1) is 65.7. The zero-order chi connectivity index (χ0) is 63.4. The molecule has 10 atom stereocenters. The molecule has 480 valence electrons. The molecule has 2 fully saturated rings. The molecule has 0 spiro atoms. The van der Waals surface area contributed by atoms with Gasteiger partial charge >= 0.3 is 12.2 Å². The van der Waals surface area contributed by atoms with Gasteiger partial charge in [-0.1, -0.05) is 192 Å². The number of ether oxygens (including phenoxy) is 11. The SMILES string of the molecule is CC(C)(C)OC(=O)NCc1cn(C[C@H]2O[C@H](O[C@H]3O[C@H](Cn4cc(CNC(=O)OC(C)(C)C)nn4)[C@@H](OCc4ccccc4)[C@H](OCc4ccccc4)[C@H]3OCc3ccccc3)[C@H](OCc3ccccc3)[C@@H](OCc3ccccc3)[C@@H]2OCc2ccccc2)nn1. The summed E-state index contributed by atoms with van der Waals surface area (Å²) in [6, 6.07) is 59.2. The maximum atomic E-state index is 12.8. The standard InChI is InChI=1S/C70H82N8O13/c1-69(2,3)90-67(79)71-37-55-39-77(75-73-55)41-57-59(81-43-49-25-13-7-14-26-49)61(83-45-51-29-17-9-18-30-51)63(85-47-53-33-21-11-22-34-53)65(87-57)89-66-64(86-48-54-35-23-12-24-36-54)62(84-46-52-31-19-10-20-32-52)60(82-44-50-27-15-8-16-28-50)58(88-66)42-78-40-56(74-76-78)38-72-68(80)91-70(4,5)6/h7-36,39-40,57-66H,37-38,41-48H2,1-6H3,(H,71,79)(H,72,80)/t57-,58-,59-,60-,61+,62+,63-,64-,65-,66-/m1/s1. The van der Waals surface area contributed by atoms with E-state index in [-0.39, 0.29) is 65.8 Å². The van der Waals surface area contributed by atoms with E-state index in [0.717, 1.165) is 33.4 Å². The van der Waals surface area contributed by atoms with Crippen LogP contribution in [0, 0.1) is 0 Å². The number of alkyl carbamates (subject to hydrolysis) is 2. The predicted molar refractivity (Wildman–Crippen MR) is 335 cm³/mol.